The van der Waals surface area contributed by atoms with E-state index >= 15 is 0 Å². The van der Waals surface area contributed by atoms with Crippen molar-refractivity contribution in [1.29, 1.82) is 0 Å². The van der Waals surface area contributed by atoms with Crippen molar-refractivity contribution >= 4 is 17.8 Å². The number of hydrogen-bond donors (Lipinski definition) is 1. The molecule has 38 heavy (non-hydrogen) atoms. The Morgan fingerprint density at radius 3 is 2.18 bits per heavy atom. The van der Waals surface area contributed by atoms with Gasteiger partial charge in [0, 0.05) is 43.7 Å². The molecule has 0 saturated carbocycles. The van der Waals surface area contributed by atoms with Crippen LogP contribution < -0.4 is 5.32 Å². The summed E-state index contributed by atoms with van der Waals surface area (Å²) >= 11 is 0. The van der Waals surface area contributed by atoms with Crippen molar-refractivity contribution in [3.05, 3.63) is 89.0 Å². The SMILES string of the molecule is CC1(C)C(c2ccc(C=O)cc2)=CC[C@]2(C)CN(C(=O)C3(c4ccccc4)CCNCC3)CC=C12.COC. The Hall–Kier alpha value is -3.02. The lowest BCUT2D eigenvalue weighted by Gasteiger charge is -2.52. The van der Waals surface area contributed by atoms with Crippen LogP contribution in [0.1, 0.15) is 61.5 Å². The molecule has 1 atom stereocenters. The second-order valence-corrected chi connectivity index (χ2v) is 11.7. The molecule has 5 rings (SSSR count). The van der Waals surface area contributed by atoms with E-state index < -0.39 is 5.41 Å². The van der Waals surface area contributed by atoms with Crippen molar-refractivity contribution in [3.63, 3.8) is 0 Å². The molecule has 1 N–H and O–H groups in total. The van der Waals surface area contributed by atoms with Gasteiger partial charge in [-0.1, -0.05) is 93.1 Å². The molecule has 0 spiro atoms. The van der Waals surface area contributed by atoms with Crippen LogP contribution in [0.3, 0.4) is 0 Å². The highest BCUT2D eigenvalue weighted by atomic mass is 16.4. The minimum absolute atomic E-state index is 0.0888. The van der Waals surface area contributed by atoms with Gasteiger partial charge >= 0.3 is 0 Å². The zero-order valence-electron chi connectivity index (χ0n) is 23.5. The second-order valence-electron chi connectivity index (χ2n) is 11.7. The average molecular weight is 515 g/mol. The second kappa shape index (κ2) is 11.4. The molecule has 1 saturated heterocycles. The molecule has 1 fully saturated rings. The number of nitrogens with one attached hydrogen (secondary N) is 1. The lowest BCUT2D eigenvalue weighted by Crippen LogP contribution is -2.56. The van der Waals surface area contributed by atoms with Gasteiger partial charge in [0.15, 0.2) is 0 Å². The maximum absolute atomic E-state index is 14.2. The summed E-state index contributed by atoms with van der Waals surface area (Å²) in [4.78, 5) is 27.5. The van der Waals surface area contributed by atoms with Crippen molar-refractivity contribution in [2.75, 3.05) is 40.4 Å². The van der Waals surface area contributed by atoms with E-state index in [1.165, 1.54) is 16.7 Å². The molecule has 0 bridgehead atoms. The molecule has 202 valence electrons. The van der Waals surface area contributed by atoms with Crippen LogP contribution >= 0.6 is 0 Å². The fraction of sp³-hybridized carbons (Fsp3) is 0.455. The molecule has 1 aliphatic carbocycles. The highest BCUT2D eigenvalue weighted by molar-refractivity contribution is 5.89. The van der Waals surface area contributed by atoms with Crippen molar-refractivity contribution < 1.29 is 14.3 Å². The molecule has 5 nitrogen and oxygen atoms in total. The van der Waals surface area contributed by atoms with E-state index in [4.69, 9.17) is 0 Å². The Labute approximate surface area is 228 Å². The average Bonchev–Trinajstić information content (AvgIpc) is 2.93. The number of carbonyl (C=O) groups is 2. The van der Waals surface area contributed by atoms with Gasteiger partial charge in [-0.2, -0.15) is 0 Å². The normalized spacial score (nSPS) is 23.7. The van der Waals surface area contributed by atoms with E-state index in [0.717, 1.165) is 50.7 Å². The maximum Gasteiger partial charge on any atom is 0.233 e. The number of methoxy groups -OCH3 is 1. The maximum atomic E-state index is 14.2. The van der Waals surface area contributed by atoms with Gasteiger partial charge in [-0.3, -0.25) is 9.59 Å². The van der Waals surface area contributed by atoms with Gasteiger partial charge in [0.25, 0.3) is 0 Å². The molecule has 0 aromatic heterocycles. The lowest BCUT2D eigenvalue weighted by atomic mass is 9.58. The number of fused-ring (bicyclic) bond motifs is 1. The van der Waals surface area contributed by atoms with Gasteiger partial charge < -0.3 is 15.0 Å². The fourth-order valence-electron chi connectivity index (χ4n) is 6.84. The van der Waals surface area contributed by atoms with Gasteiger partial charge in [-0.15, -0.1) is 0 Å². The summed E-state index contributed by atoms with van der Waals surface area (Å²) in [6.45, 7) is 10.1. The van der Waals surface area contributed by atoms with E-state index in [0.29, 0.717) is 12.1 Å². The molecule has 2 aliphatic heterocycles. The lowest BCUT2D eigenvalue weighted by molar-refractivity contribution is -0.140. The number of hydrogen-bond acceptors (Lipinski definition) is 4. The molecule has 2 heterocycles. The first kappa shape index (κ1) is 28.0. The molecule has 3 aliphatic rings. The molecule has 1 amide bonds. The highest BCUT2D eigenvalue weighted by Gasteiger charge is 2.50. The Morgan fingerprint density at radius 1 is 0.947 bits per heavy atom. The van der Waals surface area contributed by atoms with E-state index in [2.05, 4.69) is 84.3 Å². The number of allylic oxidation sites excluding steroid dienone is 2. The number of rotatable bonds is 4. The topological polar surface area (TPSA) is 58.6 Å². The smallest absolute Gasteiger partial charge is 0.233 e. The summed E-state index contributed by atoms with van der Waals surface area (Å²) in [6, 6.07) is 18.3. The molecule has 2 aromatic carbocycles. The van der Waals surface area contributed by atoms with Crippen LogP contribution in [0.4, 0.5) is 0 Å². The van der Waals surface area contributed by atoms with E-state index in [-0.39, 0.29) is 16.7 Å². The molecule has 0 unspecified atom stereocenters. The Morgan fingerprint density at radius 2 is 1.58 bits per heavy atom. The van der Waals surface area contributed by atoms with Crippen molar-refractivity contribution in [3.8, 4) is 0 Å². The van der Waals surface area contributed by atoms with Crippen LogP contribution in [0, 0.1) is 10.8 Å². The van der Waals surface area contributed by atoms with Gasteiger partial charge in [0.1, 0.15) is 6.29 Å². The minimum atomic E-state index is -0.445. The van der Waals surface area contributed by atoms with Crippen LogP contribution in [0.15, 0.2) is 72.3 Å². The summed E-state index contributed by atoms with van der Waals surface area (Å²) < 4.78 is 4.25. The quantitative estimate of drug-likeness (QED) is 0.422. The van der Waals surface area contributed by atoms with E-state index in [1.807, 2.05) is 18.2 Å². The molecular formula is C33H42N2O3. The summed E-state index contributed by atoms with van der Waals surface area (Å²) in [5.41, 5.74) is 5.06. The van der Waals surface area contributed by atoms with Gasteiger partial charge in [0.05, 0.1) is 5.41 Å². The minimum Gasteiger partial charge on any atom is -0.388 e. The first-order valence-electron chi connectivity index (χ1n) is 13.6. The number of ether oxygens (including phenoxy) is 1. The van der Waals surface area contributed by atoms with E-state index in [1.54, 1.807) is 14.2 Å². The number of carbonyl (C=O) groups excluding carboxylic acids is 2. The summed E-state index contributed by atoms with van der Waals surface area (Å²) in [5, 5.41) is 3.45. The summed E-state index contributed by atoms with van der Waals surface area (Å²) in [7, 11) is 3.25. The Kier molecular flexibility index (Phi) is 8.39. The largest absolute Gasteiger partial charge is 0.388 e. The third-order valence-corrected chi connectivity index (χ3v) is 8.65. The number of amides is 1. The predicted octanol–water partition coefficient (Wildman–Crippen LogP) is 5.67. The summed E-state index contributed by atoms with van der Waals surface area (Å²) in [6.07, 6.45) is 8.16. The number of nitrogens with zero attached hydrogens (tertiary/aromatic N) is 1. The molecule has 2 aromatic rings. The molecule has 5 heteroatoms. The number of piperidine rings is 1. The Bertz CT molecular complexity index is 1190. The number of aldehydes is 1. The standard InChI is InChI=1S/C31H36N2O2.C2H6O/c1-29(2)26(24-11-9-23(21-34)10-12-24)13-15-30(3)22-33(20-14-27(29)30)28(35)31(16-18-32-19-17-31)25-7-5-4-6-8-25;1-3-2/h4-14,21,32H,15-20,22H2,1-3H3;1-2H3/t30-;/m1./s1. The van der Waals surface area contributed by atoms with Crippen LogP contribution in [0.25, 0.3) is 5.57 Å². The predicted molar refractivity (Wildman–Crippen MR) is 154 cm³/mol. The fourth-order valence-corrected chi connectivity index (χ4v) is 6.84. The first-order chi connectivity index (χ1) is 18.2. The zero-order valence-corrected chi connectivity index (χ0v) is 23.5. The number of benzene rings is 2. The van der Waals surface area contributed by atoms with Crippen LogP contribution in [0.5, 0.6) is 0 Å². The highest BCUT2D eigenvalue weighted by Crippen LogP contribution is 2.55. The van der Waals surface area contributed by atoms with E-state index in [9.17, 15) is 9.59 Å². The van der Waals surface area contributed by atoms with Crippen LogP contribution in [-0.4, -0.2) is 57.5 Å². The third kappa shape index (κ3) is 5.14. The third-order valence-electron chi connectivity index (χ3n) is 8.65. The molecule has 0 radical (unpaired) electrons. The summed E-state index contributed by atoms with van der Waals surface area (Å²) in [5.74, 6) is 0.277. The Balaban J connectivity index is 0.00000107. The van der Waals surface area contributed by atoms with Gasteiger partial charge in [0.2, 0.25) is 5.91 Å². The van der Waals surface area contributed by atoms with Gasteiger partial charge in [-0.05, 0) is 49.1 Å². The van der Waals surface area contributed by atoms with Crippen LogP contribution in [0.2, 0.25) is 0 Å². The van der Waals surface area contributed by atoms with Crippen molar-refractivity contribution in [2.45, 2.75) is 45.4 Å². The van der Waals surface area contributed by atoms with Crippen molar-refractivity contribution in [2.24, 2.45) is 10.8 Å². The molecular weight excluding hydrogens is 472 g/mol. The van der Waals surface area contributed by atoms with Crippen molar-refractivity contribution in [1.82, 2.24) is 10.2 Å². The van der Waals surface area contributed by atoms with Gasteiger partial charge in [-0.25, -0.2) is 0 Å². The monoisotopic (exact) mass is 514 g/mol. The first-order valence-corrected chi connectivity index (χ1v) is 13.6. The van der Waals surface area contributed by atoms with Crippen LogP contribution in [-0.2, 0) is 14.9 Å². The zero-order chi connectivity index (χ0) is 27.4.